The summed E-state index contributed by atoms with van der Waals surface area (Å²) >= 11 is 3.13. The zero-order valence-electron chi connectivity index (χ0n) is 9.87. The minimum Gasteiger partial charge on any atom is -0.397 e. The van der Waals surface area contributed by atoms with Crippen molar-refractivity contribution in [3.05, 3.63) is 52.0 Å². The van der Waals surface area contributed by atoms with Gasteiger partial charge in [-0.2, -0.15) is 0 Å². The molecule has 0 saturated heterocycles. The fourth-order valence-electron chi connectivity index (χ4n) is 1.60. The van der Waals surface area contributed by atoms with Crippen molar-refractivity contribution in [1.29, 1.82) is 0 Å². The molecule has 0 saturated carbocycles. The maximum absolute atomic E-state index is 13.2. The first-order valence-electron chi connectivity index (χ1n) is 5.47. The molecule has 2 aromatic rings. The first-order valence-corrected chi connectivity index (χ1v) is 6.26. The Morgan fingerprint density at radius 2 is 2.22 bits per heavy atom. The molecular weight excluding hydrogens is 297 g/mol. The highest BCUT2D eigenvalue weighted by Crippen LogP contribution is 2.27. The van der Waals surface area contributed by atoms with E-state index in [4.69, 9.17) is 5.73 Å². The topological polar surface area (TPSA) is 50.9 Å². The third-order valence-electron chi connectivity index (χ3n) is 2.66. The van der Waals surface area contributed by atoms with Gasteiger partial charge in [-0.1, -0.05) is 6.07 Å². The Morgan fingerprint density at radius 3 is 2.94 bits per heavy atom. The van der Waals surface area contributed by atoms with Crippen LogP contribution in [-0.4, -0.2) is 4.98 Å². The Labute approximate surface area is 113 Å². The standard InChI is InChI=1S/C13H13BrFN3/c1-8-3-2-4-17-13(8)7-18-12-5-9(14)10(15)6-11(12)16/h2-6,18H,7,16H2,1H3. The molecule has 0 atom stereocenters. The summed E-state index contributed by atoms with van der Waals surface area (Å²) in [6, 6.07) is 6.80. The normalized spacial score (nSPS) is 10.4. The van der Waals surface area contributed by atoms with Gasteiger partial charge in [-0.25, -0.2) is 4.39 Å². The molecule has 3 nitrogen and oxygen atoms in total. The van der Waals surface area contributed by atoms with Crippen molar-refractivity contribution in [3.8, 4) is 0 Å². The van der Waals surface area contributed by atoms with E-state index in [1.807, 2.05) is 19.1 Å². The molecule has 94 valence electrons. The summed E-state index contributed by atoms with van der Waals surface area (Å²) in [6.07, 6.45) is 1.74. The molecule has 0 fully saturated rings. The predicted molar refractivity (Wildman–Crippen MR) is 74.8 cm³/mol. The summed E-state index contributed by atoms with van der Waals surface area (Å²) in [5.41, 5.74) is 8.86. The molecule has 0 aliphatic rings. The lowest BCUT2D eigenvalue weighted by molar-refractivity contribution is 0.622. The Hall–Kier alpha value is -1.62. The number of nitrogens with two attached hydrogens (primary N) is 1. The van der Waals surface area contributed by atoms with Crippen LogP contribution in [0.2, 0.25) is 0 Å². The first-order chi connectivity index (χ1) is 8.58. The molecule has 0 amide bonds. The van der Waals surface area contributed by atoms with Gasteiger partial charge in [0, 0.05) is 12.3 Å². The van der Waals surface area contributed by atoms with Gasteiger partial charge in [-0.3, -0.25) is 4.98 Å². The third kappa shape index (κ3) is 2.79. The van der Waals surface area contributed by atoms with Crippen LogP contribution < -0.4 is 11.1 Å². The molecule has 1 aromatic heterocycles. The van der Waals surface area contributed by atoms with Gasteiger partial charge in [0.25, 0.3) is 0 Å². The van der Waals surface area contributed by atoms with Gasteiger partial charge in [0.15, 0.2) is 0 Å². The fraction of sp³-hybridized carbons (Fsp3) is 0.154. The fourth-order valence-corrected chi connectivity index (χ4v) is 1.94. The van der Waals surface area contributed by atoms with Gasteiger partial charge < -0.3 is 11.1 Å². The highest BCUT2D eigenvalue weighted by atomic mass is 79.9. The van der Waals surface area contributed by atoms with E-state index in [1.165, 1.54) is 6.07 Å². The molecule has 1 heterocycles. The van der Waals surface area contributed by atoms with Crippen LogP contribution in [0, 0.1) is 12.7 Å². The second kappa shape index (κ2) is 5.35. The van der Waals surface area contributed by atoms with Gasteiger partial charge in [-0.05, 0) is 40.5 Å². The molecule has 3 N–H and O–H groups in total. The summed E-state index contributed by atoms with van der Waals surface area (Å²) in [5, 5.41) is 3.15. The van der Waals surface area contributed by atoms with Crippen molar-refractivity contribution < 1.29 is 4.39 Å². The third-order valence-corrected chi connectivity index (χ3v) is 3.26. The van der Waals surface area contributed by atoms with Crippen molar-refractivity contribution in [3.63, 3.8) is 0 Å². The Morgan fingerprint density at radius 1 is 1.44 bits per heavy atom. The molecule has 1 aromatic carbocycles. The minimum absolute atomic E-state index is 0.368. The summed E-state index contributed by atoms with van der Waals surface area (Å²) in [6.45, 7) is 2.54. The Bertz CT molecular complexity index is 572. The number of halogens is 2. The number of benzene rings is 1. The van der Waals surface area contributed by atoms with E-state index in [-0.39, 0.29) is 5.82 Å². The van der Waals surface area contributed by atoms with Crippen LogP contribution in [0.5, 0.6) is 0 Å². The second-order valence-corrected chi connectivity index (χ2v) is 4.83. The number of hydrogen-bond donors (Lipinski definition) is 2. The number of hydrogen-bond acceptors (Lipinski definition) is 3. The van der Waals surface area contributed by atoms with Gasteiger partial charge in [0.1, 0.15) is 5.82 Å². The van der Waals surface area contributed by atoms with Crippen LogP contribution in [0.1, 0.15) is 11.3 Å². The van der Waals surface area contributed by atoms with Crippen LogP contribution in [0.15, 0.2) is 34.9 Å². The van der Waals surface area contributed by atoms with Crippen molar-refractivity contribution in [1.82, 2.24) is 4.98 Å². The van der Waals surface area contributed by atoms with Crippen LogP contribution in [-0.2, 0) is 6.54 Å². The molecule has 0 aliphatic carbocycles. The first kappa shape index (κ1) is 12.8. The van der Waals surface area contributed by atoms with Crippen LogP contribution in [0.25, 0.3) is 0 Å². The van der Waals surface area contributed by atoms with E-state index < -0.39 is 0 Å². The highest BCUT2D eigenvalue weighted by Gasteiger charge is 2.06. The van der Waals surface area contributed by atoms with Crippen molar-refractivity contribution >= 4 is 27.3 Å². The molecule has 18 heavy (non-hydrogen) atoms. The lowest BCUT2D eigenvalue weighted by atomic mass is 10.2. The van der Waals surface area contributed by atoms with Gasteiger partial charge in [0.2, 0.25) is 0 Å². The number of nitrogen functional groups attached to an aromatic ring is 1. The maximum Gasteiger partial charge on any atom is 0.139 e. The number of nitrogens with one attached hydrogen (secondary N) is 1. The monoisotopic (exact) mass is 309 g/mol. The molecule has 0 unspecified atom stereocenters. The van der Waals surface area contributed by atoms with E-state index >= 15 is 0 Å². The zero-order valence-corrected chi connectivity index (χ0v) is 11.5. The molecular formula is C13H13BrFN3. The molecule has 0 aliphatic heterocycles. The average Bonchev–Trinajstić information content (AvgIpc) is 2.34. The Balaban J connectivity index is 2.16. The SMILES string of the molecule is Cc1cccnc1CNc1cc(Br)c(F)cc1N. The number of rotatable bonds is 3. The maximum atomic E-state index is 13.2. The molecule has 0 spiro atoms. The number of pyridine rings is 1. The zero-order chi connectivity index (χ0) is 13.1. The number of anilines is 2. The van der Waals surface area contributed by atoms with E-state index in [0.717, 1.165) is 11.3 Å². The molecule has 0 bridgehead atoms. The predicted octanol–water partition coefficient (Wildman–Crippen LogP) is 3.49. The van der Waals surface area contributed by atoms with E-state index in [9.17, 15) is 4.39 Å². The summed E-state index contributed by atoms with van der Waals surface area (Å²) < 4.78 is 13.6. The summed E-state index contributed by atoms with van der Waals surface area (Å²) in [5.74, 6) is -0.368. The number of aromatic nitrogens is 1. The lowest BCUT2D eigenvalue weighted by Gasteiger charge is -2.11. The molecule has 5 heteroatoms. The van der Waals surface area contributed by atoms with Crippen molar-refractivity contribution in [2.24, 2.45) is 0 Å². The molecule has 2 rings (SSSR count). The number of nitrogens with zero attached hydrogens (tertiary/aromatic N) is 1. The summed E-state index contributed by atoms with van der Waals surface area (Å²) in [4.78, 5) is 4.27. The van der Waals surface area contributed by atoms with Crippen molar-refractivity contribution in [2.45, 2.75) is 13.5 Å². The van der Waals surface area contributed by atoms with Gasteiger partial charge >= 0.3 is 0 Å². The largest absolute Gasteiger partial charge is 0.397 e. The van der Waals surface area contributed by atoms with Crippen LogP contribution in [0.4, 0.5) is 15.8 Å². The Kier molecular flexibility index (Phi) is 3.81. The second-order valence-electron chi connectivity index (χ2n) is 3.97. The number of aryl methyl sites for hydroxylation is 1. The molecule has 0 radical (unpaired) electrons. The lowest BCUT2D eigenvalue weighted by Crippen LogP contribution is -2.06. The highest BCUT2D eigenvalue weighted by molar-refractivity contribution is 9.10. The van der Waals surface area contributed by atoms with Gasteiger partial charge in [-0.15, -0.1) is 0 Å². The quantitative estimate of drug-likeness (QED) is 0.853. The van der Waals surface area contributed by atoms with E-state index in [2.05, 4.69) is 26.2 Å². The van der Waals surface area contributed by atoms with Gasteiger partial charge in [0.05, 0.1) is 28.1 Å². The average molecular weight is 310 g/mol. The summed E-state index contributed by atoms with van der Waals surface area (Å²) in [7, 11) is 0. The van der Waals surface area contributed by atoms with Crippen LogP contribution in [0.3, 0.4) is 0 Å². The smallest absolute Gasteiger partial charge is 0.139 e. The minimum atomic E-state index is -0.368. The van der Waals surface area contributed by atoms with E-state index in [1.54, 1.807) is 12.3 Å². The van der Waals surface area contributed by atoms with E-state index in [0.29, 0.717) is 22.4 Å². The van der Waals surface area contributed by atoms with Crippen molar-refractivity contribution in [2.75, 3.05) is 11.1 Å². The van der Waals surface area contributed by atoms with Crippen LogP contribution >= 0.6 is 15.9 Å².